The van der Waals surface area contributed by atoms with Crippen LogP contribution in [0.4, 0.5) is 5.69 Å². The number of nitrogens with two attached hydrogens (primary N) is 1. The van der Waals surface area contributed by atoms with Gasteiger partial charge in [-0.1, -0.05) is 13.8 Å². The number of rotatable bonds is 5. The first-order valence-corrected chi connectivity index (χ1v) is 7.48. The summed E-state index contributed by atoms with van der Waals surface area (Å²) in [7, 11) is 0. The number of aryl methyl sites for hydroxylation is 1. The first-order chi connectivity index (χ1) is 9.31. The molecule has 1 rings (SSSR count). The van der Waals surface area contributed by atoms with Gasteiger partial charge in [0, 0.05) is 9.26 Å². The van der Waals surface area contributed by atoms with Crippen molar-refractivity contribution < 1.29 is 9.59 Å². The smallest absolute Gasteiger partial charge is 0.243 e. The first kappa shape index (κ1) is 20.1. The van der Waals surface area contributed by atoms with E-state index in [1.54, 1.807) is 0 Å². The predicted octanol–water partition coefficient (Wildman–Crippen LogP) is 2.06. The van der Waals surface area contributed by atoms with Crippen LogP contribution in [-0.2, 0) is 9.59 Å². The maximum atomic E-state index is 11.8. The molecule has 0 bridgehead atoms. The van der Waals surface area contributed by atoms with Crippen LogP contribution in [0.15, 0.2) is 18.2 Å². The summed E-state index contributed by atoms with van der Waals surface area (Å²) >= 11 is 2.21. The maximum Gasteiger partial charge on any atom is 0.243 e. The molecule has 1 aromatic rings. The fraction of sp³-hybridized carbons (Fsp3) is 0.429. The van der Waals surface area contributed by atoms with E-state index in [1.807, 2.05) is 39.0 Å². The molecule has 1 aromatic carbocycles. The Balaban J connectivity index is 0.00000400. The van der Waals surface area contributed by atoms with Crippen LogP contribution in [0.3, 0.4) is 0 Å². The fourth-order valence-electron chi connectivity index (χ4n) is 1.55. The van der Waals surface area contributed by atoms with Gasteiger partial charge in [0.1, 0.15) is 0 Å². The summed E-state index contributed by atoms with van der Waals surface area (Å²) in [5, 5.41) is 5.30. The number of carbonyl (C=O) groups excluding carboxylic acids is 2. The quantitative estimate of drug-likeness (QED) is 0.631. The van der Waals surface area contributed by atoms with Gasteiger partial charge in [-0.05, 0) is 59.2 Å². The maximum absolute atomic E-state index is 11.8. The molecule has 118 valence electrons. The van der Waals surface area contributed by atoms with Crippen molar-refractivity contribution in [3.05, 3.63) is 27.3 Å². The second-order valence-corrected chi connectivity index (χ2v) is 6.24. The van der Waals surface area contributed by atoms with Crippen LogP contribution < -0.4 is 16.4 Å². The highest BCUT2D eigenvalue weighted by Gasteiger charge is 2.17. The number of anilines is 1. The summed E-state index contributed by atoms with van der Waals surface area (Å²) in [5.74, 6) is -0.537. The fourth-order valence-corrected chi connectivity index (χ4v) is 2.20. The lowest BCUT2D eigenvalue weighted by Gasteiger charge is -2.15. The highest BCUT2D eigenvalue weighted by molar-refractivity contribution is 14.1. The standard InChI is InChI=1S/C14H20IN3O2.ClH/c1-8(2)13(16)14(20)17-7-12(19)18-11-5-4-10(15)6-9(11)3;/h4-6,8,13H,7,16H2,1-3H3,(H,17,20)(H,18,19);1H/t13-;/m0./s1. The summed E-state index contributed by atoms with van der Waals surface area (Å²) in [4.78, 5) is 23.4. The topological polar surface area (TPSA) is 84.2 Å². The third-order valence-corrected chi connectivity index (χ3v) is 3.58. The predicted molar refractivity (Wildman–Crippen MR) is 95.6 cm³/mol. The Bertz CT molecular complexity index is 509. The van der Waals surface area contributed by atoms with Crippen LogP contribution in [-0.4, -0.2) is 24.4 Å². The van der Waals surface area contributed by atoms with E-state index in [2.05, 4.69) is 33.2 Å². The number of carbonyl (C=O) groups is 2. The summed E-state index contributed by atoms with van der Waals surface area (Å²) in [6.07, 6.45) is 0. The third-order valence-electron chi connectivity index (χ3n) is 2.91. The van der Waals surface area contributed by atoms with Crippen molar-refractivity contribution in [1.29, 1.82) is 0 Å². The highest BCUT2D eigenvalue weighted by atomic mass is 127. The van der Waals surface area contributed by atoms with Crippen molar-refractivity contribution in [2.75, 3.05) is 11.9 Å². The minimum absolute atomic E-state index is 0. The van der Waals surface area contributed by atoms with Gasteiger partial charge in [-0.2, -0.15) is 0 Å². The average molecular weight is 426 g/mol. The molecule has 0 saturated carbocycles. The molecule has 0 aromatic heterocycles. The normalized spacial score (nSPS) is 11.5. The van der Waals surface area contributed by atoms with Gasteiger partial charge < -0.3 is 16.4 Å². The number of halogens is 2. The summed E-state index contributed by atoms with van der Waals surface area (Å²) < 4.78 is 1.11. The van der Waals surface area contributed by atoms with Gasteiger partial charge in [0.05, 0.1) is 12.6 Å². The summed E-state index contributed by atoms with van der Waals surface area (Å²) in [6.45, 7) is 5.56. The number of amides is 2. The van der Waals surface area contributed by atoms with Crippen LogP contribution in [0.1, 0.15) is 19.4 Å². The highest BCUT2D eigenvalue weighted by Crippen LogP contribution is 2.17. The Labute approximate surface area is 145 Å². The number of benzene rings is 1. The van der Waals surface area contributed by atoms with Crippen molar-refractivity contribution >= 4 is 52.5 Å². The largest absolute Gasteiger partial charge is 0.346 e. The Kier molecular flexibility index (Phi) is 8.84. The number of hydrogen-bond donors (Lipinski definition) is 3. The van der Waals surface area contributed by atoms with Crippen molar-refractivity contribution in [3.63, 3.8) is 0 Å². The van der Waals surface area contributed by atoms with E-state index in [4.69, 9.17) is 5.73 Å². The SMILES string of the molecule is Cc1cc(I)ccc1NC(=O)CNC(=O)[C@@H](N)C(C)C.Cl. The molecule has 0 aliphatic rings. The van der Waals surface area contributed by atoms with Crippen LogP contribution >= 0.6 is 35.0 Å². The molecule has 0 radical (unpaired) electrons. The lowest BCUT2D eigenvalue weighted by Crippen LogP contribution is -2.46. The van der Waals surface area contributed by atoms with Crippen molar-refractivity contribution in [3.8, 4) is 0 Å². The van der Waals surface area contributed by atoms with Gasteiger partial charge in [0.25, 0.3) is 0 Å². The minimum Gasteiger partial charge on any atom is -0.346 e. The van der Waals surface area contributed by atoms with Gasteiger partial charge in [-0.15, -0.1) is 12.4 Å². The first-order valence-electron chi connectivity index (χ1n) is 6.40. The Morgan fingerprint density at radius 3 is 2.48 bits per heavy atom. The number of hydrogen-bond acceptors (Lipinski definition) is 3. The monoisotopic (exact) mass is 425 g/mol. The molecule has 5 nitrogen and oxygen atoms in total. The van der Waals surface area contributed by atoms with E-state index < -0.39 is 6.04 Å². The molecule has 4 N–H and O–H groups in total. The van der Waals surface area contributed by atoms with Crippen molar-refractivity contribution in [2.24, 2.45) is 11.7 Å². The Morgan fingerprint density at radius 1 is 1.33 bits per heavy atom. The van der Waals surface area contributed by atoms with Crippen LogP contribution in [0, 0.1) is 16.4 Å². The van der Waals surface area contributed by atoms with E-state index in [-0.39, 0.29) is 36.7 Å². The molecule has 2 amide bonds. The molecule has 0 aliphatic carbocycles. The van der Waals surface area contributed by atoms with E-state index in [1.165, 1.54) is 0 Å². The average Bonchev–Trinajstić information content (AvgIpc) is 2.38. The van der Waals surface area contributed by atoms with Crippen molar-refractivity contribution in [1.82, 2.24) is 5.32 Å². The molecular formula is C14H21ClIN3O2. The molecule has 0 fully saturated rings. The molecule has 0 heterocycles. The second kappa shape index (κ2) is 9.22. The van der Waals surface area contributed by atoms with Gasteiger partial charge in [-0.25, -0.2) is 0 Å². The third kappa shape index (κ3) is 6.62. The molecule has 21 heavy (non-hydrogen) atoms. The molecule has 0 unspecified atom stereocenters. The second-order valence-electron chi connectivity index (χ2n) is 5.00. The van der Waals surface area contributed by atoms with Gasteiger partial charge >= 0.3 is 0 Å². The van der Waals surface area contributed by atoms with Gasteiger partial charge in [0.2, 0.25) is 11.8 Å². The molecule has 7 heteroatoms. The zero-order valence-electron chi connectivity index (χ0n) is 12.3. The Hall–Kier alpha value is -0.860. The molecule has 1 atom stereocenters. The van der Waals surface area contributed by atoms with E-state index in [0.717, 1.165) is 14.8 Å². The van der Waals surface area contributed by atoms with E-state index in [9.17, 15) is 9.59 Å². The lowest BCUT2D eigenvalue weighted by atomic mass is 10.1. The molecular weight excluding hydrogens is 405 g/mol. The Morgan fingerprint density at radius 2 is 1.95 bits per heavy atom. The lowest BCUT2D eigenvalue weighted by molar-refractivity contribution is -0.125. The van der Waals surface area contributed by atoms with Crippen molar-refractivity contribution in [2.45, 2.75) is 26.8 Å². The van der Waals surface area contributed by atoms with E-state index in [0.29, 0.717) is 0 Å². The van der Waals surface area contributed by atoms with Crippen LogP contribution in [0.2, 0.25) is 0 Å². The minimum atomic E-state index is -0.595. The summed E-state index contributed by atoms with van der Waals surface area (Å²) in [5.41, 5.74) is 7.42. The zero-order chi connectivity index (χ0) is 15.3. The van der Waals surface area contributed by atoms with Gasteiger partial charge in [-0.3, -0.25) is 9.59 Å². The van der Waals surface area contributed by atoms with E-state index >= 15 is 0 Å². The van der Waals surface area contributed by atoms with Crippen LogP contribution in [0.25, 0.3) is 0 Å². The molecule has 0 saturated heterocycles. The molecule has 0 aliphatic heterocycles. The van der Waals surface area contributed by atoms with Crippen LogP contribution in [0.5, 0.6) is 0 Å². The molecule has 0 spiro atoms. The zero-order valence-corrected chi connectivity index (χ0v) is 15.2. The summed E-state index contributed by atoms with van der Waals surface area (Å²) in [6, 6.07) is 5.14. The number of nitrogens with one attached hydrogen (secondary N) is 2. The van der Waals surface area contributed by atoms with Gasteiger partial charge in [0.15, 0.2) is 0 Å².